The Morgan fingerprint density at radius 1 is 1.35 bits per heavy atom. The Hall–Kier alpha value is -1.64. The second kappa shape index (κ2) is 6.10. The van der Waals surface area contributed by atoms with Gasteiger partial charge in [-0.05, 0) is 40.0 Å². The summed E-state index contributed by atoms with van der Waals surface area (Å²) < 4.78 is 52.4. The van der Waals surface area contributed by atoms with Gasteiger partial charge in [0.1, 0.15) is 5.82 Å². The van der Waals surface area contributed by atoms with Gasteiger partial charge >= 0.3 is 12.1 Å². The molecule has 1 aliphatic heterocycles. The SMILES string of the molecule is O=C(Cc1ccc(F)c(Br)c1)N1CCC(C(=O)O)(C(F)(F)F)C1. The van der Waals surface area contributed by atoms with Gasteiger partial charge in [0.2, 0.25) is 5.91 Å². The molecular formula is C14H12BrF4NO3. The molecule has 1 heterocycles. The fourth-order valence-corrected chi connectivity index (χ4v) is 2.91. The van der Waals surface area contributed by atoms with E-state index in [1.807, 2.05) is 0 Å². The zero-order chi connectivity index (χ0) is 17.4. The van der Waals surface area contributed by atoms with Crippen LogP contribution in [-0.4, -0.2) is 41.1 Å². The number of carboxylic acids is 1. The van der Waals surface area contributed by atoms with Gasteiger partial charge in [-0.15, -0.1) is 0 Å². The lowest BCUT2D eigenvalue weighted by atomic mass is 9.86. The molecule has 1 aromatic carbocycles. The van der Waals surface area contributed by atoms with Crippen LogP contribution in [0.2, 0.25) is 0 Å². The van der Waals surface area contributed by atoms with Gasteiger partial charge in [-0.3, -0.25) is 9.59 Å². The third-order valence-electron chi connectivity index (χ3n) is 3.91. The van der Waals surface area contributed by atoms with Crippen molar-refractivity contribution in [3.8, 4) is 0 Å². The summed E-state index contributed by atoms with van der Waals surface area (Å²) in [4.78, 5) is 24.1. The van der Waals surface area contributed by atoms with Crippen LogP contribution in [-0.2, 0) is 16.0 Å². The topological polar surface area (TPSA) is 57.6 Å². The van der Waals surface area contributed by atoms with Gasteiger partial charge in [0, 0.05) is 13.1 Å². The Morgan fingerprint density at radius 3 is 2.48 bits per heavy atom. The molecule has 1 unspecified atom stereocenters. The lowest BCUT2D eigenvalue weighted by Gasteiger charge is -2.27. The molecule has 0 radical (unpaired) electrons. The molecule has 23 heavy (non-hydrogen) atoms. The van der Waals surface area contributed by atoms with Gasteiger partial charge in [0.25, 0.3) is 0 Å². The summed E-state index contributed by atoms with van der Waals surface area (Å²) in [5.41, 5.74) is -2.51. The molecule has 9 heteroatoms. The van der Waals surface area contributed by atoms with E-state index >= 15 is 0 Å². The van der Waals surface area contributed by atoms with Crippen LogP contribution < -0.4 is 0 Å². The number of nitrogens with zero attached hydrogens (tertiary/aromatic N) is 1. The molecule has 1 amide bonds. The summed E-state index contributed by atoms with van der Waals surface area (Å²) in [6.07, 6.45) is -5.84. The van der Waals surface area contributed by atoms with Crippen LogP contribution in [0.4, 0.5) is 17.6 Å². The van der Waals surface area contributed by atoms with E-state index in [0.29, 0.717) is 5.56 Å². The summed E-state index contributed by atoms with van der Waals surface area (Å²) in [5.74, 6) is -3.13. The van der Waals surface area contributed by atoms with Gasteiger partial charge in [0.05, 0.1) is 10.9 Å². The second-order valence-corrected chi connectivity index (χ2v) is 6.23. The molecule has 0 aliphatic carbocycles. The minimum absolute atomic E-state index is 0.138. The highest BCUT2D eigenvalue weighted by molar-refractivity contribution is 9.10. The molecular weight excluding hydrogens is 386 g/mol. The standard InChI is InChI=1S/C14H12BrF4NO3/c15-9-5-8(1-2-10(9)16)6-11(21)20-4-3-13(7-20,12(22)23)14(17,18)19/h1-2,5H,3-4,6-7H2,(H,22,23). The minimum atomic E-state index is -4.94. The van der Waals surface area contributed by atoms with E-state index in [4.69, 9.17) is 5.11 Å². The second-order valence-electron chi connectivity index (χ2n) is 5.38. The summed E-state index contributed by atoms with van der Waals surface area (Å²) in [5, 5.41) is 8.95. The predicted octanol–water partition coefficient (Wildman–Crippen LogP) is 3.00. The predicted molar refractivity (Wildman–Crippen MR) is 75.1 cm³/mol. The number of hydrogen-bond acceptors (Lipinski definition) is 2. The van der Waals surface area contributed by atoms with Gasteiger partial charge in [0.15, 0.2) is 5.41 Å². The molecule has 1 fully saturated rings. The molecule has 0 saturated carbocycles. The number of carboxylic acid groups (broad SMARTS) is 1. The van der Waals surface area contributed by atoms with E-state index in [0.717, 1.165) is 11.0 Å². The zero-order valence-electron chi connectivity index (χ0n) is 11.7. The van der Waals surface area contributed by atoms with Crippen LogP contribution in [0.1, 0.15) is 12.0 Å². The molecule has 1 aromatic rings. The van der Waals surface area contributed by atoms with Gasteiger partial charge in [-0.25, -0.2) is 4.39 Å². The van der Waals surface area contributed by atoms with Crippen molar-refractivity contribution in [3.05, 3.63) is 34.1 Å². The third kappa shape index (κ3) is 3.34. The van der Waals surface area contributed by atoms with Crippen LogP contribution in [0.5, 0.6) is 0 Å². The van der Waals surface area contributed by atoms with E-state index in [1.165, 1.54) is 12.1 Å². The molecule has 126 valence electrons. The maximum absolute atomic E-state index is 13.1. The van der Waals surface area contributed by atoms with Crippen LogP contribution in [0, 0.1) is 11.2 Å². The van der Waals surface area contributed by atoms with Crippen molar-refractivity contribution in [3.63, 3.8) is 0 Å². The van der Waals surface area contributed by atoms with Crippen LogP contribution in [0.15, 0.2) is 22.7 Å². The Kier molecular flexibility index (Phi) is 4.70. The highest BCUT2D eigenvalue weighted by Crippen LogP contribution is 2.45. The Bertz CT molecular complexity index is 649. The van der Waals surface area contributed by atoms with Gasteiger partial charge in [-0.1, -0.05) is 6.07 Å². The molecule has 1 saturated heterocycles. The number of benzene rings is 1. The van der Waals surface area contributed by atoms with Crippen LogP contribution >= 0.6 is 15.9 Å². The minimum Gasteiger partial charge on any atom is -0.481 e. The first kappa shape index (κ1) is 17.7. The van der Waals surface area contributed by atoms with E-state index in [-0.39, 0.29) is 17.4 Å². The molecule has 4 nitrogen and oxygen atoms in total. The van der Waals surface area contributed by atoms with Crippen LogP contribution in [0.25, 0.3) is 0 Å². The highest BCUT2D eigenvalue weighted by atomic mass is 79.9. The Labute approximate surface area is 137 Å². The summed E-state index contributed by atoms with van der Waals surface area (Å²) in [6, 6.07) is 3.84. The van der Waals surface area contributed by atoms with Crippen molar-refractivity contribution in [2.45, 2.75) is 19.0 Å². The smallest absolute Gasteiger partial charge is 0.406 e. The molecule has 1 N–H and O–H groups in total. The van der Waals surface area contributed by atoms with Crippen molar-refractivity contribution >= 4 is 27.8 Å². The molecule has 0 aromatic heterocycles. The number of alkyl halides is 3. The number of halogens is 5. The van der Waals surface area contributed by atoms with Crippen molar-refractivity contribution in [1.29, 1.82) is 0 Å². The van der Waals surface area contributed by atoms with E-state index in [9.17, 15) is 27.2 Å². The maximum Gasteiger partial charge on any atom is 0.406 e. The highest BCUT2D eigenvalue weighted by Gasteiger charge is 2.64. The number of hydrogen-bond donors (Lipinski definition) is 1. The summed E-state index contributed by atoms with van der Waals surface area (Å²) in [7, 11) is 0. The zero-order valence-corrected chi connectivity index (χ0v) is 13.2. The average molecular weight is 398 g/mol. The molecule has 0 bridgehead atoms. The largest absolute Gasteiger partial charge is 0.481 e. The normalized spacial score (nSPS) is 21.5. The fraction of sp³-hybridized carbons (Fsp3) is 0.429. The third-order valence-corrected chi connectivity index (χ3v) is 4.52. The fourth-order valence-electron chi connectivity index (χ4n) is 2.49. The van der Waals surface area contributed by atoms with Gasteiger partial charge in [-0.2, -0.15) is 13.2 Å². The maximum atomic E-state index is 13.1. The average Bonchev–Trinajstić information content (AvgIpc) is 2.89. The monoisotopic (exact) mass is 397 g/mol. The molecule has 0 spiro atoms. The van der Waals surface area contributed by atoms with Crippen molar-refractivity contribution in [2.75, 3.05) is 13.1 Å². The summed E-state index contributed by atoms with van der Waals surface area (Å²) >= 11 is 2.96. The quantitative estimate of drug-likeness (QED) is 0.797. The number of rotatable bonds is 3. The van der Waals surface area contributed by atoms with Gasteiger partial charge < -0.3 is 10.0 Å². The van der Waals surface area contributed by atoms with E-state index < -0.39 is 42.3 Å². The Morgan fingerprint density at radius 2 is 2.00 bits per heavy atom. The number of aliphatic carboxylic acids is 1. The van der Waals surface area contributed by atoms with Crippen molar-refractivity contribution in [2.24, 2.45) is 5.41 Å². The Balaban J connectivity index is 2.13. The molecule has 1 atom stereocenters. The first-order valence-electron chi connectivity index (χ1n) is 6.59. The number of carbonyl (C=O) groups is 2. The van der Waals surface area contributed by atoms with Crippen molar-refractivity contribution < 1.29 is 32.3 Å². The number of likely N-dealkylation sites (tertiary alicyclic amines) is 1. The first-order chi connectivity index (χ1) is 10.6. The van der Waals surface area contributed by atoms with Crippen LogP contribution in [0.3, 0.4) is 0 Å². The molecule has 1 aliphatic rings. The lowest BCUT2D eigenvalue weighted by molar-refractivity contribution is -0.227. The number of amides is 1. The lowest BCUT2D eigenvalue weighted by Crippen LogP contribution is -2.47. The number of carbonyl (C=O) groups excluding carboxylic acids is 1. The van der Waals surface area contributed by atoms with E-state index in [1.54, 1.807) is 0 Å². The summed E-state index contributed by atoms with van der Waals surface area (Å²) in [6.45, 7) is -1.19. The van der Waals surface area contributed by atoms with E-state index in [2.05, 4.69) is 15.9 Å². The van der Waals surface area contributed by atoms with Crippen molar-refractivity contribution in [1.82, 2.24) is 4.90 Å². The molecule has 2 rings (SSSR count). The first-order valence-corrected chi connectivity index (χ1v) is 7.38.